The average Bonchev–Trinajstić information content (AvgIpc) is 2.89. The molecule has 1 aliphatic heterocycles. The number of aliphatic carboxylic acids is 1. The molecular formula is C15H19N3O3. The van der Waals surface area contributed by atoms with Crippen molar-refractivity contribution in [2.24, 2.45) is 5.92 Å². The number of carbonyl (C=O) groups excluding carboxylic acids is 1. The number of likely N-dealkylation sites (tertiary alicyclic amines) is 1. The molecule has 1 saturated carbocycles. The van der Waals surface area contributed by atoms with Gasteiger partial charge in [0.2, 0.25) is 0 Å². The third kappa shape index (κ3) is 2.99. The molecule has 1 aromatic heterocycles. The van der Waals surface area contributed by atoms with Gasteiger partial charge in [-0.3, -0.25) is 10.1 Å². The summed E-state index contributed by atoms with van der Waals surface area (Å²) in [6.45, 7) is 0.740. The van der Waals surface area contributed by atoms with Crippen molar-refractivity contribution in [3.8, 4) is 0 Å². The summed E-state index contributed by atoms with van der Waals surface area (Å²) >= 11 is 0. The van der Waals surface area contributed by atoms with Gasteiger partial charge in [0, 0.05) is 19.3 Å². The summed E-state index contributed by atoms with van der Waals surface area (Å²) in [5, 5.41) is 11.7. The lowest BCUT2D eigenvalue weighted by Gasteiger charge is -2.25. The summed E-state index contributed by atoms with van der Waals surface area (Å²) in [7, 11) is 0. The lowest BCUT2D eigenvalue weighted by atomic mass is 9.81. The lowest BCUT2D eigenvalue weighted by Crippen LogP contribution is -2.34. The monoisotopic (exact) mass is 289 g/mol. The topological polar surface area (TPSA) is 82.5 Å². The summed E-state index contributed by atoms with van der Waals surface area (Å²) in [6.07, 6.45) is 6.05. The summed E-state index contributed by atoms with van der Waals surface area (Å²) in [5.41, 5.74) is 1.23. The predicted octanol–water partition coefficient (Wildman–Crippen LogP) is 2.29. The number of carboxylic acids is 1. The smallest absolute Gasteiger partial charge is 0.323 e. The van der Waals surface area contributed by atoms with Crippen LogP contribution in [0.3, 0.4) is 0 Å². The summed E-state index contributed by atoms with van der Waals surface area (Å²) < 4.78 is 0. The molecule has 2 N–H and O–H groups in total. The molecule has 0 aromatic carbocycles. The van der Waals surface area contributed by atoms with E-state index in [0.717, 1.165) is 0 Å². The Bertz CT molecular complexity index is 540. The maximum atomic E-state index is 12.1. The summed E-state index contributed by atoms with van der Waals surface area (Å²) in [4.78, 5) is 28.7. The van der Waals surface area contributed by atoms with E-state index in [0.29, 0.717) is 24.7 Å². The number of urea groups is 1. The van der Waals surface area contributed by atoms with Gasteiger partial charge in [0.1, 0.15) is 5.82 Å². The maximum absolute atomic E-state index is 12.1. The maximum Gasteiger partial charge on any atom is 0.323 e. The highest BCUT2D eigenvalue weighted by atomic mass is 16.4. The fraction of sp³-hybridized carbons (Fsp3) is 0.533. The first-order valence-corrected chi connectivity index (χ1v) is 7.38. The van der Waals surface area contributed by atoms with E-state index in [1.807, 2.05) is 18.3 Å². The van der Waals surface area contributed by atoms with E-state index < -0.39 is 11.9 Å². The summed E-state index contributed by atoms with van der Waals surface area (Å²) in [5.74, 6) is -0.156. The van der Waals surface area contributed by atoms with Gasteiger partial charge in [0.05, 0.1) is 5.92 Å². The number of aromatic nitrogens is 1. The molecule has 1 saturated heterocycles. The summed E-state index contributed by atoms with van der Waals surface area (Å²) in [6, 6.07) is 3.55. The highest BCUT2D eigenvalue weighted by Gasteiger charge is 2.31. The SMILES string of the molecule is O=C(O)C1CCN(C(=O)Nc2ccc(C3CCC3)cn2)C1. The Morgan fingerprint density at radius 3 is 2.62 bits per heavy atom. The van der Waals surface area contributed by atoms with Crippen molar-refractivity contribution in [2.45, 2.75) is 31.6 Å². The van der Waals surface area contributed by atoms with Crippen LogP contribution in [0, 0.1) is 5.92 Å². The number of carbonyl (C=O) groups is 2. The van der Waals surface area contributed by atoms with Crippen molar-refractivity contribution in [2.75, 3.05) is 18.4 Å². The fourth-order valence-electron chi connectivity index (χ4n) is 2.80. The van der Waals surface area contributed by atoms with Crippen molar-refractivity contribution in [1.82, 2.24) is 9.88 Å². The van der Waals surface area contributed by atoms with Crippen molar-refractivity contribution in [3.05, 3.63) is 23.9 Å². The zero-order valence-electron chi connectivity index (χ0n) is 11.8. The van der Waals surface area contributed by atoms with Crippen LogP contribution in [-0.2, 0) is 4.79 Å². The van der Waals surface area contributed by atoms with Gasteiger partial charge >= 0.3 is 12.0 Å². The molecule has 1 aliphatic carbocycles. The molecule has 0 spiro atoms. The second-order valence-electron chi connectivity index (χ2n) is 5.80. The van der Waals surface area contributed by atoms with Crippen LogP contribution < -0.4 is 5.32 Å². The quantitative estimate of drug-likeness (QED) is 0.894. The van der Waals surface area contributed by atoms with Gasteiger partial charge in [-0.15, -0.1) is 0 Å². The molecule has 1 atom stereocenters. The minimum absolute atomic E-state index is 0.265. The number of hydrogen-bond donors (Lipinski definition) is 2. The molecule has 1 aromatic rings. The largest absolute Gasteiger partial charge is 0.481 e. The average molecular weight is 289 g/mol. The zero-order chi connectivity index (χ0) is 14.8. The minimum Gasteiger partial charge on any atom is -0.481 e. The van der Waals surface area contributed by atoms with Crippen LogP contribution in [0.15, 0.2) is 18.3 Å². The van der Waals surface area contributed by atoms with E-state index in [9.17, 15) is 9.59 Å². The number of anilines is 1. The van der Waals surface area contributed by atoms with Crippen molar-refractivity contribution < 1.29 is 14.7 Å². The Kier molecular flexibility index (Phi) is 3.77. The lowest BCUT2D eigenvalue weighted by molar-refractivity contribution is -0.141. The van der Waals surface area contributed by atoms with Gasteiger partial charge in [0.15, 0.2) is 0 Å². The number of carboxylic acid groups (broad SMARTS) is 1. The molecule has 6 nitrogen and oxygen atoms in total. The van der Waals surface area contributed by atoms with E-state index in [1.165, 1.54) is 29.7 Å². The van der Waals surface area contributed by atoms with E-state index in [-0.39, 0.29) is 12.6 Å². The highest BCUT2D eigenvalue weighted by Crippen LogP contribution is 2.36. The highest BCUT2D eigenvalue weighted by molar-refractivity contribution is 5.89. The number of hydrogen-bond acceptors (Lipinski definition) is 3. The van der Waals surface area contributed by atoms with Gasteiger partial charge in [-0.2, -0.15) is 0 Å². The van der Waals surface area contributed by atoms with Crippen molar-refractivity contribution >= 4 is 17.8 Å². The second kappa shape index (κ2) is 5.71. The van der Waals surface area contributed by atoms with Gasteiger partial charge < -0.3 is 10.0 Å². The first-order valence-electron chi connectivity index (χ1n) is 7.38. The number of amides is 2. The van der Waals surface area contributed by atoms with Crippen LogP contribution in [0.1, 0.15) is 37.2 Å². The third-order valence-corrected chi connectivity index (χ3v) is 4.42. The molecule has 2 amide bonds. The Labute approximate surface area is 123 Å². The molecule has 112 valence electrons. The van der Waals surface area contributed by atoms with Crippen LogP contribution in [0.4, 0.5) is 10.6 Å². The molecule has 2 aliphatic rings. The van der Waals surface area contributed by atoms with E-state index >= 15 is 0 Å². The number of rotatable bonds is 3. The van der Waals surface area contributed by atoms with Crippen LogP contribution in [0.5, 0.6) is 0 Å². The Balaban J connectivity index is 1.56. The molecular weight excluding hydrogens is 270 g/mol. The first-order chi connectivity index (χ1) is 10.1. The predicted molar refractivity (Wildman–Crippen MR) is 77.2 cm³/mol. The van der Waals surface area contributed by atoms with Gasteiger partial charge in [-0.05, 0) is 36.8 Å². The number of nitrogens with zero attached hydrogens (tertiary/aromatic N) is 2. The third-order valence-electron chi connectivity index (χ3n) is 4.42. The zero-order valence-corrected chi connectivity index (χ0v) is 11.8. The van der Waals surface area contributed by atoms with Crippen LogP contribution in [-0.4, -0.2) is 40.1 Å². The van der Waals surface area contributed by atoms with Crippen LogP contribution in [0.25, 0.3) is 0 Å². The van der Waals surface area contributed by atoms with Crippen LogP contribution in [0.2, 0.25) is 0 Å². The van der Waals surface area contributed by atoms with Crippen LogP contribution >= 0.6 is 0 Å². The van der Waals surface area contributed by atoms with E-state index in [4.69, 9.17) is 5.11 Å². The van der Waals surface area contributed by atoms with Gasteiger partial charge in [-0.25, -0.2) is 9.78 Å². The molecule has 6 heteroatoms. The van der Waals surface area contributed by atoms with E-state index in [2.05, 4.69) is 10.3 Å². The van der Waals surface area contributed by atoms with Crippen molar-refractivity contribution in [3.63, 3.8) is 0 Å². The molecule has 2 heterocycles. The van der Waals surface area contributed by atoms with E-state index in [1.54, 1.807) is 0 Å². The number of pyridine rings is 1. The van der Waals surface area contributed by atoms with Crippen molar-refractivity contribution in [1.29, 1.82) is 0 Å². The molecule has 3 rings (SSSR count). The molecule has 21 heavy (non-hydrogen) atoms. The Morgan fingerprint density at radius 2 is 2.10 bits per heavy atom. The normalized spacial score (nSPS) is 21.9. The molecule has 0 bridgehead atoms. The standard InChI is InChI=1S/C15H19N3O3/c19-14(20)12-6-7-18(9-12)15(21)17-13-5-4-11(8-16-13)10-2-1-3-10/h4-5,8,10,12H,1-3,6-7,9H2,(H,19,20)(H,16,17,21). The van der Waals surface area contributed by atoms with Gasteiger partial charge in [-0.1, -0.05) is 12.5 Å². The first kappa shape index (κ1) is 13.9. The number of nitrogens with one attached hydrogen (secondary N) is 1. The Hall–Kier alpha value is -2.11. The second-order valence-corrected chi connectivity index (χ2v) is 5.80. The molecule has 0 radical (unpaired) electrons. The minimum atomic E-state index is -0.840. The molecule has 1 unspecified atom stereocenters. The fourth-order valence-corrected chi connectivity index (χ4v) is 2.80. The molecule has 2 fully saturated rings. The van der Waals surface area contributed by atoms with Gasteiger partial charge in [0.25, 0.3) is 0 Å². The Morgan fingerprint density at radius 1 is 1.29 bits per heavy atom.